The van der Waals surface area contributed by atoms with Gasteiger partial charge in [0.05, 0.1) is 11.7 Å². The summed E-state index contributed by atoms with van der Waals surface area (Å²) >= 11 is 0. The molecule has 0 amide bonds. The topological polar surface area (TPSA) is 21.3 Å². The van der Waals surface area contributed by atoms with E-state index < -0.39 is 0 Å². The molecular weight excluding hydrogens is 222 g/mol. The molecule has 1 N–H and O–H groups in total. The summed E-state index contributed by atoms with van der Waals surface area (Å²) in [4.78, 5) is 0. The van der Waals surface area contributed by atoms with Crippen LogP contribution >= 0.6 is 0 Å². The van der Waals surface area contributed by atoms with Gasteiger partial charge in [0.2, 0.25) is 0 Å². The summed E-state index contributed by atoms with van der Waals surface area (Å²) in [7, 11) is 0. The number of rotatable bonds is 5. The molecule has 2 nitrogen and oxygen atoms in total. The first-order valence-corrected chi connectivity index (χ1v) is 8.23. The standard InChI is InChI=1S/C16H31NO/c1-2-17-14-16(12-8-3-4-9-13-16)18-15-10-6-5-7-11-15/h15,17H,2-14H2,1H3. The molecule has 0 aliphatic heterocycles. The van der Waals surface area contributed by atoms with E-state index >= 15 is 0 Å². The fourth-order valence-electron chi connectivity index (χ4n) is 3.60. The van der Waals surface area contributed by atoms with Crippen LogP contribution in [0.4, 0.5) is 0 Å². The van der Waals surface area contributed by atoms with Crippen molar-refractivity contribution in [1.82, 2.24) is 5.32 Å². The third kappa shape index (κ3) is 4.24. The lowest BCUT2D eigenvalue weighted by molar-refractivity contribution is -0.112. The van der Waals surface area contributed by atoms with Crippen LogP contribution in [0.3, 0.4) is 0 Å². The van der Waals surface area contributed by atoms with E-state index in [1.807, 2.05) is 0 Å². The van der Waals surface area contributed by atoms with Crippen LogP contribution in [-0.2, 0) is 4.74 Å². The van der Waals surface area contributed by atoms with Crippen molar-refractivity contribution in [1.29, 1.82) is 0 Å². The van der Waals surface area contributed by atoms with Crippen molar-refractivity contribution in [2.24, 2.45) is 0 Å². The summed E-state index contributed by atoms with van der Waals surface area (Å²) in [5, 5.41) is 3.55. The van der Waals surface area contributed by atoms with Crippen LogP contribution in [-0.4, -0.2) is 24.8 Å². The molecule has 0 heterocycles. The second-order valence-corrected chi connectivity index (χ2v) is 6.26. The Morgan fingerprint density at radius 2 is 1.56 bits per heavy atom. The number of nitrogens with one attached hydrogen (secondary N) is 1. The van der Waals surface area contributed by atoms with E-state index in [-0.39, 0.29) is 5.60 Å². The highest BCUT2D eigenvalue weighted by Crippen LogP contribution is 2.34. The van der Waals surface area contributed by atoms with E-state index in [0.29, 0.717) is 6.10 Å². The Hall–Kier alpha value is -0.0800. The zero-order valence-electron chi connectivity index (χ0n) is 12.2. The molecule has 2 fully saturated rings. The molecule has 2 rings (SSSR count). The zero-order valence-corrected chi connectivity index (χ0v) is 12.2. The molecule has 0 aromatic heterocycles. The summed E-state index contributed by atoms with van der Waals surface area (Å²) in [6.45, 7) is 4.33. The third-order valence-corrected chi connectivity index (χ3v) is 4.68. The number of hydrogen-bond acceptors (Lipinski definition) is 2. The van der Waals surface area contributed by atoms with Crippen molar-refractivity contribution >= 4 is 0 Å². The minimum atomic E-state index is 0.161. The van der Waals surface area contributed by atoms with Gasteiger partial charge in [-0.25, -0.2) is 0 Å². The Labute approximate surface area is 113 Å². The fraction of sp³-hybridized carbons (Fsp3) is 1.00. The van der Waals surface area contributed by atoms with Crippen LogP contribution in [0.15, 0.2) is 0 Å². The number of likely N-dealkylation sites (N-methyl/N-ethyl adjacent to an activating group) is 1. The minimum Gasteiger partial charge on any atom is -0.370 e. The molecule has 2 aliphatic carbocycles. The van der Waals surface area contributed by atoms with E-state index in [9.17, 15) is 0 Å². The summed E-state index contributed by atoms with van der Waals surface area (Å²) < 4.78 is 6.64. The zero-order chi connectivity index (χ0) is 12.7. The van der Waals surface area contributed by atoms with Crippen LogP contribution in [0.25, 0.3) is 0 Å². The van der Waals surface area contributed by atoms with Crippen molar-refractivity contribution in [3.8, 4) is 0 Å². The summed E-state index contributed by atoms with van der Waals surface area (Å²) in [5.74, 6) is 0. The summed E-state index contributed by atoms with van der Waals surface area (Å²) in [6.07, 6.45) is 15.4. The number of hydrogen-bond donors (Lipinski definition) is 1. The van der Waals surface area contributed by atoms with Gasteiger partial charge in [-0.3, -0.25) is 0 Å². The average molecular weight is 253 g/mol. The molecule has 0 radical (unpaired) electrons. The molecular formula is C16H31NO. The van der Waals surface area contributed by atoms with Gasteiger partial charge in [0.15, 0.2) is 0 Å². The summed E-state index contributed by atoms with van der Waals surface area (Å²) in [6, 6.07) is 0. The lowest BCUT2D eigenvalue weighted by Crippen LogP contribution is -2.45. The maximum absolute atomic E-state index is 6.64. The van der Waals surface area contributed by atoms with Gasteiger partial charge in [-0.2, -0.15) is 0 Å². The van der Waals surface area contributed by atoms with Gasteiger partial charge >= 0.3 is 0 Å². The highest BCUT2D eigenvalue weighted by molar-refractivity contribution is 4.87. The van der Waals surface area contributed by atoms with Crippen molar-refractivity contribution in [2.45, 2.75) is 89.3 Å². The maximum atomic E-state index is 6.64. The number of ether oxygens (including phenoxy) is 1. The Kier molecular flexibility index (Phi) is 5.97. The first-order chi connectivity index (χ1) is 8.85. The molecule has 0 saturated heterocycles. The molecule has 0 atom stereocenters. The SMILES string of the molecule is CCNCC1(OC2CCCCC2)CCCCCC1. The smallest absolute Gasteiger partial charge is 0.0810 e. The van der Waals surface area contributed by atoms with Crippen LogP contribution in [0.1, 0.15) is 77.6 Å². The van der Waals surface area contributed by atoms with Crippen molar-refractivity contribution in [3.63, 3.8) is 0 Å². The van der Waals surface area contributed by atoms with Crippen molar-refractivity contribution < 1.29 is 4.74 Å². The van der Waals surface area contributed by atoms with E-state index in [1.165, 1.54) is 70.6 Å². The van der Waals surface area contributed by atoms with Gasteiger partial charge in [-0.05, 0) is 32.2 Å². The van der Waals surface area contributed by atoms with E-state index in [2.05, 4.69) is 12.2 Å². The van der Waals surface area contributed by atoms with E-state index in [0.717, 1.165) is 13.1 Å². The van der Waals surface area contributed by atoms with Gasteiger partial charge in [-0.15, -0.1) is 0 Å². The maximum Gasteiger partial charge on any atom is 0.0810 e. The van der Waals surface area contributed by atoms with Crippen LogP contribution < -0.4 is 5.32 Å². The Morgan fingerprint density at radius 1 is 0.944 bits per heavy atom. The first-order valence-electron chi connectivity index (χ1n) is 8.23. The molecule has 0 unspecified atom stereocenters. The van der Waals surface area contributed by atoms with Crippen molar-refractivity contribution in [3.05, 3.63) is 0 Å². The van der Waals surface area contributed by atoms with Gasteiger partial charge in [-0.1, -0.05) is 51.9 Å². The molecule has 2 heteroatoms. The Morgan fingerprint density at radius 3 is 2.17 bits per heavy atom. The van der Waals surface area contributed by atoms with Crippen LogP contribution in [0.5, 0.6) is 0 Å². The van der Waals surface area contributed by atoms with Gasteiger partial charge < -0.3 is 10.1 Å². The minimum absolute atomic E-state index is 0.161. The second-order valence-electron chi connectivity index (χ2n) is 6.26. The molecule has 0 spiro atoms. The van der Waals surface area contributed by atoms with E-state index in [1.54, 1.807) is 0 Å². The molecule has 0 bridgehead atoms. The largest absolute Gasteiger partial charge is 0.370 e. The monoisotopic (exact) mass is 253 g/mol. The molecule has 0 aromatic carbocycles. The lowest BCUT2D eigenvalue weighted by atomic mass is 9.91. The molecule has 2 saturated carbocycles. The lowest BCUT2D eigenvalue weighted by Gasteiger charge is -2.38. The molecule has 2 aliphatic rings. The van der Waals surface area contributed by atoms with Gasteiger partial charge in [0.25, 0.3) is 0 Å². The first kappa shape index (κ1) is 14.3. The average Bonchev–Trinajstić information content (AvgIpc) is 2.64. The predicted octanol–water partition coefficient (Wildman–Crippen LogP) is 4.04. The second kappa shape index (κ2) is 7.49. The fourth-order valence-corrected chi connectivity index (χ4v) is 3.60. The Balaban J connectivity index is 1.93. The third-order valence-electron chi connectivity index (χ3n) is 4.68. The van der Waals surface area contributed by atoms with Crippen LogP contribution in [0, 0.1) is 0 Å². The highest BCUT2D eigenvalue weighted by Gasteiger charge is 2.34. The Bertz CT molecular complexity index is 215. The normalized spacial score (nSPS) is 25.8. The molecule has 18 heavy (non-hydrogen) atoms. The molecule has 106 valence electrons. The van der Waals surface area contributed by atoms with Gasteiger partial charge in [0, 0.05) is 6.54 Å². The molecule has 0 aromatic rings. The predicted molar refractivity (Wildman–Crippen MR) is 76.9 cm³/mol. The van der Waals surface area contributed by atoms with E-state index in [4.69, 9.17) is 4.74 Å². The summed E-state index contributed by atoms with van der Waals surface area (Å²) in [5.41, 5.74) is 0.161. The quantitative estimate of drug-likeness (QED) is 0.747. The van der Waals surface area contributed by atoms with Crippen LogP contribution in [0.2, 0.25) is 0 Å². The van der Waals surface area contributed by atoms with Crippen molar-refractivity contribution in [2.75, 3.05) is 13.1 Å². The van der Waals surface area contributed by atoms with Gasteiger partial charge in [0.1, 0.15) is 0 Å². The highest BCUT2D eigenvalue weighted by atomic mass is 16.5.